The fourth-order valence-corrected chi connectivity index (χ4v) is 1.98. The molecule has 0 saturated carbocycles. The molecule has 1 atom stereocenters. The predicted octanol–water partition coefficient (Wildman–Crippen LogP) is 4.99. The Morgan fingerprint density at radius 1 is 0.875 bits per heavy atom. The zero-order valence-corrected chi connectivity index (χ0v) is 10.6. The molecule has 1 unspecified atom stereocenters. The van der Waals surface area contributed by atoms with Crippen LogP contribution in [0.5, 0.6) is 0 Å². The molecule has 0 aliphatic rings. The molecule has 0 amide bonds. The first-order chi connectivity index (χ1) is 7.48. The van der Waals surface area contributed by atoms with Crippen LogP contribution in [0.1, 0.15) is 39.2 Å². The molecule has 2 aromatic carbocycles. The van der Waals surface area contributed by atoms with Crippen LogP contribution >= 0.6 is 0 Å². The van der Waals surface area contributed by atoms with E-state index in [-0.39, 0.29) is 0 Å². The van der Waals surface area contributed by atoms with Crippen molar-refractivity contribution in [1.82, 2.24) is 0 Å². The van der Waals surface area contributed by atoms with Gasteiger partial charge in [-0.05, 0) is 27.7 Å². The second-order valence-electron chi connectivity index (χ2n) is 5.69. The molecule has 16 heavy (non-hydrogen) atoms. The van der Waals surface area contributed by atoms with E-state index in [4.69, 9.17) is 0 Å². The Labute approximate surface area is 98.3 Å². The van der Waals surface area contributed by atoms with Crippen LogP contribution in [0.3, 0.4) is 0 Å². The van der Waals surface area contributed by atoms with E-state index >= 15 is 0 Å². The molecule has 0 heterocycles. The van der Waals surface area contributed by atoms with Crippen LogP contribution < -0.4 is 0 Å². The highest BCUT2D eigenvalue weighted by Crippen LogP contribution is 2.35. The van der Waals surface area contributed by atoms with Crippen molar-refractivity contribution < 1.29 is 0 Å². The van der Waals surface area contributed by atoms with Gasteiger partial charge < -0.3 is 0 Å². The third-order valence-corrected chi connectivity index (χ3v) is 3.57. The smallest absolute Gasteiger partial charge is 0.0141 e. The Kier molecular flexibility index (Phi) is 2.75. The van der Waals surface area contributed by atoms with Gasteiger partial charge in [-0.1, -0.05) is 70.2 Å². The first kappa shape index (κ1) is 11.2. The molecular weight excluding hydrogens is 192 g/mol. The molecule has 0 spiro atoms. The molecule has 2 aromatic rings. The summed E-state index contributed by atoms with van der Waals surface area (Å²) in [5.74, 6) is 0.581. The lowest BCUT2D eigenvalue weighted by atomic mass is 9.77. The fourth-order valence-electron chi connectivity index (χ4n) is 1.98. The van der Waals surface area contributed by atoms with Crippen molar-refractivity contribution in [3.63, 3.8) is 0 Å². The summed E-state index contributed by atoms with van der Waals surface area (Å²) in [7, 11) is 0. The van der Waals surface area contributed by atoms with Crippen molar-refractivity contribution in [2.45, 2.75) is 33.6 Å². The molecule has 0 aliphatic heterocycles. The summed E-state index contributed by atoms with van der Waals surface area (Å²) < 4.78 is 0. The van der Waals surface area contributed by atoms with Gasteiger partial charge >= 0.3 is 0 Å². The zero-order chi connectivity index (χ0) is 11.8. The highest BCUT2D eigenvalue weighted by Gasteiger charge is 2.21. The highest BCUT2D eigenvalue weighted by molar-refractivity contribution is 5.83. The number of hydrogen-bond donors (Lipinski definition) is 0. The Balaban J connectivity index is 2.47. The van der Waals surface area contributed by atoms with Crippen molar-refractivity contribution >= 4 is 10.8 Å². The van der Waals surface area contributed by atoms with E-state index in [1.165, 1.54) is 16.3 Å². The topological polar surface area (TPSA) is 0 Å². The van der Waals surface area contributed by atoms with Crippen molar-refractivity contribution in [1.29, 1.82) is 0 Å². The Morgan fingerprint density at radius 3 is 2.12 bits per heavy atom. The van der Waals surface area contributed by atoms with Crippen LogP contribution in [0.2, 0.25) is 0 Å². The molecule has 0 saturated heterocycles. The average molecular weight is 212 g/mol. The molecule has 0 aromatic heterocycles. The van der Waals surface area contributed by atoms with E-state index in [2.05, 4.69) is 70.2 Å². The summed E-state index contributed by atoms with van der Waals surface area (Å²) in [6, 6.07) is 15.4. The molecule has 0 heteroatoms. The minimum atomic E-state index is 0.322. The standard InChI is InChI=1S/C16H20/c1-12(16(2,3)4)14-10-9-13-7-5-6-8-15(13)11-14/h5-12H,1-4H3. The monoisotopic (exact) mass is 212 g/mol. The Bertz CT molecular complexity index is 489. The first-order valence-corrected chi connectivity index (χ1v) is 5.97. The summed E-state index contributed by atoms with van der Waals surface area (Å²) >= 11 is 0. The number of rotatable bonds is 1. The van der Waals surface area contributed by atoms with Crippen molar-refractivity contribution in [3.05, 3.63) is 48.0 Å². The van der Waals surface area contributed by atoms with E-state index in [1.54, 1.807) is 0 Å². The number of benzene rings is 2. The molecule has 0 radical (unpaired) electrons. The SMILES string of the molecule is CC(c1ccc2ccccc2c1)C(C)(C)C. The second-order valence-corrected chi connectivity index (χ2v) is 5.69. The third-order valence-electron chi connectivity index (χ3n) is 3.57. The average Bonchev–Trinajstić information content (AvgIpc) is 2.26. The first-order valence-electron chi connectivity index (χ1n) is 5.97. The lowest BCUT2D eigenvalue weighted by Gasteiger charge is -2.27. The van der Waals surface area contributed by atoms with Gasteiger partial charge in [0, 0.05) is 0 Å². The van der Waals surface area contributed by atoms with E-state index in [1.807, 2.05) is 0 Å². The van der Waals surface area contributed by atoms with Crippen molar-refractivity contribution in [2.24, 2.45) is 5.41 Å². The largest absolute Gasteiger partial charge is 0.0616 e. The summed E-state index contributed by atoms with van der Waals surface area (Å²) in [4.78, 5) is 0. The van der Waals surface area contributed by atoms with Crippen LogP contribution in [-0.4, -0.2) is 0 Å². The minimum absolute atomic E-state index is 0.322. The molecule has 0 N–H and O–H groups in total. The van der Waals surface area contributed by atoms with Crippen LogP contribution in [0.4, 0.5) is 0 Å². The van der Waals surface area contributed by atoms with Crippen LogP contribution in [0.25, 0.3) is 10.8 Å². The lowest BCUT2D eigenvalue weighted by molar-refractivity contribution is 0.340. The van der Waals surface area contributed by atoms with Crippen LogP contribution in [0, 0.1) is 5.41 Å². The predicted molar refractivity (Wildman–Crippen MR) is 71.8 cm³/mol. The Morgan fingerprint density at radius 2 is 1.50 bits per heavy atom. The lowest BCUT2D eigenvalue weighted by Crippen LogP contribution is -2.15. The Hall–Kier alpha value is -1.30. The van der Waals surface area contributed by atoms with E-state index in [0.29, 0.717) is 11.3 Å². The van der Waals surface area contributed by atoms with E-state index in [9.17, 15) is 0 Å². The van der Waals surface area contributed by atoms with Gasteiger partial charge in [0.15, 0.2) is 0 Å². The van der Waals surface area contributed by atoms with Gasteiger partial charge in [-0.15, -0.1) is 0 Å². The molecule has 0 bridgehead atoms. The van der Waals surface area contributed by atoms with Gasteiger partial charge in [0.2, 0.25) is 0 Å². The van der Waals surface area contributed by atoms with Gasteiger partial charge in [-0.25, -0.2) is 0 Å². The van der Waals surface area contributed by atoms with E-state index in [0.717, 1.165) is 0 Å². The quantitative estimate of drug-likeness (QED) is 0.624. The molecule has 0 aliphatic carbocycles. The summed E-state index contributed by atoms with van der Waals surface area (Å²) in [6.45, 7) is 9.21. The van der Waals surface area contributed by atoms with Gasteiger partial charge in [0.25, 0.3) is 0 Å². The molecule has 2 rings (SSSR count). The molecule has 0 nitrogen and oxygen atoms in total. The van der Waals surface area contributed by atoms with Crippen molar-refractivity contribution in [2.75, 3.05) is 0 Å². The molecular formula is C16H20. The maximum absolute atomic E-state index is 2.32. The maximum atomic E-state index is 2.32. The molecule has 0 fully saturated rings. The number of fused-ring (bicyclic) bond motifs is 1. The third kappa shape index (κ3) is 2.11. The second kappa shape index (κ2) is 3.93. The van der Waals surface area contributed by atoms with Crippen LogP contribution in [-0.2, 0) is 0 Å². The summed E-state index contributed by atoms with van der Waals surface area (Å²) in [6.07, 6.45) is 0. The molecule has 84 valence electrons. The number of hydrogen-bond acceptors (Lipinski definition) is 0. The summed E-state index contributed by atoms with van der Waals surface area (Å²) in [5, 5.41) is 2.67. The van der Waals surface area contributed by atoms with Gasteiger partial charge in [-0.2, -0.15) is 0 Å². The minimum Gasteiger partial charge on any atom is -0.0616 e. The zero-order valence-electron chi connectivity index (χ0n) is 10.6. The fraction of sp³-hybridized carbons (Fsp3) is 0.375. The van der Waals surface area contributed by atoms with Gasteiger partial charge in [0.1, 0.15) is 0 Å². The van der Waals surface area contributed by atoms with Gasteiger partial charge in [0.05, 0.1) is 0 Å². The van der Waals surface area contributed by atoms with E-state index < -0.39 is 0 Å². The van der Waals surface area contributed by atoms with Crippen LogP contribution in [0.15, 0.2) is 42.5 Å². The highest BCUT2D eigenvalue weighted by atomic mass is 14.3. The van der Waals surface area contributed by atoms with Crippen molar-refractivity contribution in [3.8, 4) is 0 Å². The maximum Gasteiger partial charge on any atom is -0.0141 e. The summed E-state index contributed by atoms with van der Waals surface area (Å²) in [5.41, 5.74) is 1.76. The normalized spacial score (nSPS) is 14.0. The van der Waals surface area contributed by atoms with Gasteiger partial charge in [-0.3, -0.25) is 0 Å².